The third kappa shape index (κ3) is 2.74. The highest BCUT2D eigenvalue weighted by Gasteiger charge is 2.33. The summed E-state index contributed by atoms with van der Waals surface area (Å²) in [6, 6.07) is 11.5. The highest BCUT2D eigenvalue weighted by Crippen LogP contribution is 2.40. The molecule has 146 valence electrons. The van der Waals surface area contributed by atoms with Crippen LogP contribution in [-0.2, 0) is 4.79 Å². The summed E-state index contributed by atoms with van der Waals surface area (Å²) in [5.41, 5.74) is 3.55. The Morgan fingerprint density at radius 2 is 1.86 bits per heavy atom. The van der Waals surface area contributed by atoms with E-state index in [2.05, 4.69) is 25.7 Å². The van der Waals surface area contributed by atoms with Gasteiger partial charge in [0, 0.05) is 17.9 Å². The molecule has 29 heavy (non-hydrogen) atoms. The van der Waals surface area contributed by atoms with Crippen molar-refractivity contribution in [1.82, 2.24) is 29.6 Å². The Kier molecular flexibility index (Phi) is 3.83. The fourth-order valence-corrected chi connectivity index (χ4v) is 3.83. The predicted octanol–water partition coefficient (Wildman–Crippen LogP) is 2.41. The molecule has 1 aromatic carbocycles. The third-order valence-corrected chi connectivity index (χ3v) is 5.24. The van der Waals surface area contributed by atoms with Crippen molar-refractivity contribution in [2.75, 3.05) is 12.4 Å². The Morgan fingerprint density at radius 1 is 1.07 bits per heavy atom. The van der Waals surface area contributed by atoms with E-state index in [0.29, 0.717) is 29.5 Å². The zero-order valence-electron chi connectivity index (χ0n) is 16.2. The topological polar surface area (TPSA) is 99.2 Å². The van der Waals surface area contributed by atoms with Gasteiger partial charge in [0.2, 0.25) is 5.91 Å². The zero-order chi connectivity index (χ0) is 20.1. The third-order valence-electron chi connectivity index (χ3n) is 5.24. The summed E-state index contributed by atoms with van der Waals surface area (Å²) in [6.07, 6.45) is 0.364. The van der Waals surface area contributed by atoms with Crippen molar-refractivity contribution in [2.45, 2.75) is 26.2 Å². The maximum absolute atomic E-state index is 12.5. The number of hydrogen-bond acceptors (Lipinski definition) is 6. The number of amides is 1. The minimum atomic E-state index is -0.0845. The fourth-order valence-electron chi connectivity index (χ4n) is 3.83. The van der Waals surface area contributed by atoms with Crippen LogP contribution in [0.15, 0.2) is 36.4 Å². The Hall–Kier alpha value is -3.75. The van der Waals surface area contributed by atoms with Gasteiger partial charge in [0.25, 0.3) is 0 Å². The molecule has 0 bridgehead atoms. The van der Waals surface area contributed by atoms with Crippen LogP contribution in [0.1, 0.15) is 35.0 Å². The van der Waals surface area contributed by atoms with E-state index in [0.717, 1.165) is 22.6 Å². The average Bonchev–Trinajstić information content (AvgIpc) is 3.27. The number of nitrogens with zero attached hydrogens (tertiary/aromatic N) is 6. The number of carbonyl (C=O) groups excluding carboxylic acids is 1. The summed E-state index contributed by atoms with van der Waals surface area (Å²) >= 11 is 0. The maximum Gasteiger partial charge on any atom is 0.226 e. The van der Waals surface area contributed by atoms with E-state index in [1.807, 2.05) is 50.2 Å². The van der Waals surface area contributed by atoms with E-state index in [-0.39, 0.29) is 11.8 Å². The van der Waals surface area contributed by atoms with Gasteiger partial charge >= 0.3 is 0 Å². The fraction of sp³-hybridized carbons (Fsp3) is 0.250. The number of anilines is 1. The first-order valence-electron chi connectivity index (χ1n) is 9.28. The average molecular weight is 389 g/mol. The second kappa shape index (κ2) is 6.40. The van der Waals surface area contributed by atoms with Crippen molar-refractivity contribution >= 4 is 17.4 Å². The zero-order valence-corrected chi connectivity index (χ0v) is 16.2. The molecule has 0 spiro atoms. The van der Waals surface area contributed by atoms with Gasteiger partial charge in [-0.1, -0.05) is 12.1 Å². The molecule has 0 radical (unpaired) electrons. The van der Waals surface area contributed by atoms with E-state index in [1.54, 1.807) is 16.3 Å². The van der Waals surface area contributed by atoms with Crippen molar-refractivity contribution in [2.24, 2.45) is 0 Å². The summed E-state index contributed by atoms with van der Waals surface area (Å²) in [6.45, 7) is 3.79. The molecule has 1 N–H and O–H groups in total. The minimum absolute atomic E-state index is 0.0546. The van der Waals surface area contributed by atoms with Crippen LogP contribution in [0.25, 0.3) is 11.5 Å². The molecule has 4 heterocycles. The number of aromatic nitrogens is 6. The molecular weight excluding hydrogens is 370 g/mol. The van der Waals surface area contributed by atoms with Crippen LogP contribution in [0.2, 0.25) is 0 Å². The monoisotopic (exact) mass is 389 g/mol. The molecule has 0 aliphatic carbocycles. The Morgan fingerprint density at radius 3 is 2.62 bits per heavy atom. The molecule has 1 atom stereocenters. The van der Waals surface area contributed by atoms with Crippen LogP contribution < -0.4 is 10.1 Å². The number of methoxy groups -OCH3 is 1. The predicted molar refractivity (Wildman–Crippen MR) is 105 cm³/mol. The van der Waals surface area contributed by atoms with E-state index < -0.39 is 0 Å². The van der Waals surface area contributed by atoms with Gasteiger partial charge in [0.1, 0.15) is 11.6 Å². The van der Waals surface area contributed by atoms with E-state index >= 15 is 0 Å². The summed E-state index contributed by atoms with van der Waals surface area (Å²) in [4.78, 5) is 12.5. The molecule has 4 aromatic rings. The lowest BCUT2D eigenvalue weighted by Crippen LogP contribution is -2.25. The molecule has 9 heteroatoms. The molecule has 5 rings (SSSR count). The van der Waals surface area contributed by atoms with Gasteiger partial charge < -0.3 is 10.1 Å². The molecule has 1 aliphatic heterocycles. The van der Waals surface area contributed by atoms with Gasteiger partial charge in [-0.15, -0.1) is 15.3 Å². The van der Waals surface area contributed by atoms with Gasteiger partial charge in [0.15, 0.2) is 17.3 Å². The van der Waals surface area contributed by atoms with Crippen molar-refractivity contribution in [3.63, 3.8) is 0 Å². The maximum atomic E-state index is 12.5. The first-order chi connectivity index (χ1) is 14.0. The van der Waals surface area contributed by atoms with Crippen molar-refractivity contribution in [1.29, 1.82) is 0 Å². The molecule has 9 nitrogen and oxygen atoms in total. The summed E-state index contributed by atoms with van der Waals surface area (Å²) in [7, 11) is 1.64. The molecular formula is C20H19N7O2. The largest absolute Gasteiger partial charge is 0.497 e. The summed E-state index contributed by atoms with van der Waals surface area (Å²) in [5, 5.41) is 20.4. The number of aryl methyl sites for hydroxylation is 2. The first-order valence-corrected chi connectivity index (χ1v) is 9.28. The number of nitrogens with one attached hydrogen (secondary N) is 1. The summed E-state index contributed by atoms with van der Waals surface area (Å²) in [5.74, 6) is 2.56. The van der Waals surface area contributed by atoms with Crippen LogP contribution >= 0.6 is 0 Å². The number of fused-ring (bicyclic) bond motifs is 2. The number of benzene rings is 1. The van der Waals surface area contributed by atoms with Crippen molar-refractivity contribution < 1.29 is 9.53 Å². The molecule has 3 aromatic heterocycles. The smallest absolute Gasteiger partial charge is 0.226 e. The molecule has 0 saturated carbocycles. The van der Waals surface area contributed by atoms with Gasteiger partial charge in [-0.3, -0.25) is 4.79 Å². The lowest BCUT2D eigenvalue weighted by Gasteiger charge is -2.24. The number of ether oxygens (including phenoxy) is 1. The molecule has 0 fully saturated rings. The van der Waals surface area contributed by atoms with Gasteiger partial charge in [-0.25, -0.2) is 0 Å². The Labute approximate surface area is 166 Å². The first kappa shape index (κ1) is 17.4. The van der Waals surface area contributed by atoms with Crippen LogP contribution in [0.5, 0.6) is 5.75 Å². The molecule has 1 amide bonds. The lowest BCUT2D eigenvalue weighted by atomic mass is 9.86. The van der Waals surface area contributed by atoms with Crippen LogP contribution in [-0.4, -0.2) is 42.6 Å². The van der Waals surface area contributed by atoms with Gasteiger partial charge in [-0.05, 0) is 43.7 Å². The number of rotatable bonds is 3. The SMILES string of the molecule is COc1ccc(C2CC(=O)Nc3c2c(C)nn3-c2ccc3nnc(C)n3n2)cc1. The second-order valence-corrected chi connectivity index (χ2v) is 7.05. The van der Waals surface area contributed by atoms with Crippen LogP contribution in [0.3, 0.4) is 0 Å². The minimum Gasteiger partial charge on any atom is -0.497 e. The summed E-state index contributed by atoms with van der Waals surface area (Å²) < 4.78 is 8.59. The van der Waals surface area contributed by atoms with E-state index in [1.165, 1.54) is 0 Å². The quantitative estimate of drug-likeness (QED) is 0.578. The van der Waals surface area contributed by atoms with E-state index in [9.17, 15) is 4.79 Å². The normalized spacial score (nSPS) is 16.0. The van der Waals surface area contributed by atoms with Crippen molar-refractivity contribution in [3.8, 4) is 11.6 Å². The molecule has 1 aliphatic rings. The molecule has 1 unspecified atom stereocenters. The highest BCUT2D eigenvalue weighted by atomic mass is 16.5. The van der Waals surface area contributed by atoms with Gasteiger partial charge in [-0.2, -0.15) is 14.3 Å². The van der Waals surface area contributed by atoms with Crippen LogP contribution in [0, 0.1) is 13.8 Å². The lowest BCUT2D eigenvalue weighted by molar-refractivity contribution is -0.116. The van der Waals surface area contributed by atoms with Gasteiger partial charge in [0.05, 0.1) is 12.8 Å². The van der Waals surface area contributed by atoms with Crippen molar-refractivity contribution in [3.05, 3.63) is 59.0 Å². The standard InChI is InChI=1S/C20H19N7O2/c1-11-19-15(13-4-6-14(29-3)7-5-13)10-18(28)21-20(19)27(24-11)17-9-8-16-23-22-12(2)26(16)25-17/h4-9,15H,10H2,1-3H3,(H,21,28). The number of hydrogen-bond donors (Lipinski definition) is 1. The molecule has 0 saturated heterocycles. The van der Waals surface area contributed by atoms with Crippen LogP contribution in [0.4, 0.5) is 5.82 Å². The Bertz CT molecular complexity index is 1240. The highest BCUT2D eigenvalue weighted by molar-refractivity contribution is 5.95. The number of carbonyl (C=O) groups is 1. The Balaban J connectivity index is 1.65. The second-order valence-electron chi connectivity index (χ2n) is 7.05. The van der Waals surface area contributed by atoms with E-state index in [4.69, 9.17) is 4.74 Å².